The highest BCUT2D eigenvalue weighted by Gasteiger charge is 2.70. The Bertz CT molecular complexity index is 998. The number of piperidine rings is 1. The predicted molar refractivity (Wildman–Crippen MR) is 152 cm³/mol. The molecule has 0 aromatic carbocycles. The van der Waals surface area contributed by atoms with E-state index in [0.29, 0.717) is 13.0 Å². The zero-order valence-electron chi connectivity index (χ0n) is 25.9. The molecule has 0 aromatic heterocycles. The Morgan fingerprint density at radius 3 is 2.10 bits per heavy atom. The fraction of sp³-hybridized carbons (Fsp3) is 0.839. The number of alkyl carbamates (subject to hydrolysis) is 1. The summed E-state index contributed by atoms with van der Waals surface area (Å²) in [7, 11) is 0. The molecule has 9 nitrogen and oxygen atoms in total. The SMILES string of the molecule is CC(=O)C(=O)[C@@H]1CCCCCCCCCC(C)(C)[C@H](NC(=O)OC(C)(C)C)C(=O)N2C[C@H]3C([C@H]2C(=O)N1)C3(C)C. The lowest BCUT2D eigenvalue weighted by molar-refractivity contribution is -0.145. The van der Waals surface area contributed by atoms with E-state index in [1.165, 1.54) is 6.92 Å². The van der Waals surface area contributed by atoms with E-state index in [-0.39, 0.29) is 23.2 Å². The molecular weight excluding hydrogens is 510 g/mol. The van der Waals surface area contributed by atoms with Gasteiger partial charge in [-0.3, -0.25) is 19.2 Å². The number of nitrogens with one attached hydrogen (secondary N) is 2. The second-order valence-electron chi connectivity index (χ2n) is 14.5. The molecule has 40 heavy (non-hydrogen) atoms. The van der Waals surface area contributed by atoms with Crippen LogP contribution in [0, 0.1) is 22.7 Å². The molecule has 1 aliphatic carbocycles. The van der Waals surface area contributed by atoms with Crippen molar-refractivity contribution in [3.05, 3.63) is 0 Å². The van der Waals surface area contributed by atoms with Gasteiger partial charge in [0.15, 0.2) is 5.78 Å². The molecule has 3 fully saturated rings. The van der Waals surface area contributed by atoms with Gasteiger partial charge in [0.1, 0.15) is 17.7 Å². The second-order valence-corrected chi connectivity index (χ2v) is 14.5. The first-order chi connectivity index (χ1) is 18.5. The van der Waals surface area contributed by atoms with Gasteiger partial charge in [0.25, 0.3) is 0 Å². The largest absolute Gasteiger partial charge is 0.444 e. The van der Waals surface area contributed by atoms with E-state index in [0.717, 1.165) is 51.4 Å². The van der Waals surface area contributed by atoms with Crippen LogP contribution < -0.4 is 10.6 Å². The van der Waals surface area contributed by atoms with Gasteiger partial charge >= 0.3 is 6.09 Å². The summed E-state index contributed by atoms with van der Waals surface area (Å²) in [6, 6.07) is -2.56. The van der Waals surface area contributed by atoms with Gasteiger partial charge in [-0.15, -0.1) is 0 Å². The van der Waals surface area contributed by atoms with E-state index in [2.05, 4.69) is 24.5 Å². The molecule has 2 heterocycles. The molecule has 2 saturated heterocycles. The van der Waals surface area contributed by atoms with Gasteiger partial charge < -0.3 is 20.3 Å². The predicted octanol–water partition coefficient (Wildman–Crippen LogP) is 4.56. The summed E-state index contributed by atoms with van der Waals surface area (Å²) < 4.78 is 5.52. The quantitative estimate of drug-likeness (QED) is 0.488. The number of ketones is 2. The maximum atomic E-state index is 14.3. The third kappa shape index (κ3) is 7.43. The van der Waals surface area contributed by atoms with Crippen molar-refractivity contribution < 1.29 is 28.7 Å². The van der Waals surface area contributed by atoms with Gasteiger partial charge in [0, 0.05) is 13.5 Å². The molecule has 5 atom stereocenters. The minimum absolute atomic E-state index is 0.0584. The fourth-order valence-electron chi connectivity index (χ4n) is 6.72. The lowest BCUT2D eigenvalue weighted by Gasteiger charge is -2.39. The van der Waals surface area contributed by atoms with Crippen LogP contribution in [0.5, 0.6) is 0 Å². The molecule has 3 aliphatic rings. The minimum Gasteiger partial charge on any atom is -0.444 e. The molecule has 9 heteroatoms. The maximum Gasteiger partial charge on any atom is 0.408 e. The van der Waals surface area contributed by atoms with Crippen LogP contribution in [0.1, 0.15) is 113 Å². The Kier molecular flexibility index (Phi) is 9.78. The molecule has 0 spiro atoms. The van der Waals surface area contributed by atoms with Gasteiger partial charge in [0.05, 0.1) is 6.04 Å². The Morgan fingerprint density at radius 2 is 1.52 bits per heavy atom. The first-order valence-electron chi connectivity index (χ1n) is 15.1. The Morgan fingerprint density at radius 1 is 0.950 bits per heavy atom. The van der Waals surface area contributed by atoms with Crippen molar-refractivity contribution in [3.63, 3.8) is 0 Å². The van der Waals surface area contributed by atoms with Crippen LogP contribution in [0.4, 0.5) is 4.79 Å². The summed E-state index contributed by atoms with van der Waals surface area (Å²) >= 11 is 0. The number of fused-ring (bicyclic) bond motifs is 3. The van der Waals surface area contributed by atoms with Gasteiger partial charge in [-0.05, 0) is 56.3 Å². The Labute approximate surface area is 239 Å². The zero-order valence-corrected chi connectivity index (χ0v) is 25.9. The van der Waals surface area contributed by atoms with Crippen molar-refractivity contribution in [1.29, 1.82) is 0 Å². The summed E-state index contributed by atoms with van der Waals surface area (Å²) in [5, 5.41) is 5.74. The minimum atomic E-state index is -0.898. The maximum absolute atomic E-state index is 14.3. The highest BCUT2D eigenvalue weighted by molar-refractivity contribution is 6.38. The van der Waals surface area contributed by atoms with Crippen LogP contribution in [0.25, 0.3) is 0 Å². The highest BCUT2D eigenvalue weighted by atomic mass is 16.6. The molecule has 1 saturated carbocycles. The smallest absolute Gasteiger partial charge is 0.408 e. The number of carbonyl (C=O) groups is 5. The van der Waals surface area contributed by atoms with Crippen LogP contribution in [-0.2, 0) is 23.9 Å². The van der Waals surface area contributed by atoms with Crippen LogP contribution in [-0.4, -0.2) is 64.6 Å². The summed E-state index contributed by atoms with van der Waals surface area (Å²) in [6.45, 7) is 15.1. The standard InChI is InChI=1S/C31H51N3O6/c1-19(35)24(36)21-16-14-12-10-9-11-13-15-17-30(5,6)25(33-28(39)40-29(2,3)4)27(38)34-18-20-22(31(20,7)8)23(34)26(37)32-21/h20-23,25H,9-18H2,1-8H3,(H,32,37)(H,33,39)/t20-,21-,22?,23-,25+/m0/s1. The van der Waals surface area contributed by atoms with E-state index in [1.54, 1.807) is 25.7 Å². The molecule has 0 aromatic rings. The lowest BCUT2D eigenvalue weighted by Crippen LogP contribution is -2.61. The molecule has 1 unspecified atom stereocenters. The van der Waals surface area contributed by atoms with Crippen molar-refractivity contribution in [3.8, 4) is 0 Å². The van der Waals surface area contributed by atoms with E-state index >= 15 is 0 Å². The van der Waals surface area contributed by atoms with Gasteiger partial charge in [-0.25, -0.2) is 4.79 Å². The van der Waals surface area contributed by atoms with Crippen LogP contribution in [0.3, 0.4) is 0 Å². The molecule has 226 valence electrons. The number of amides is 3. The number of hydrogen-bond acceptors (Lipinski definition) is 6. The second kappa shape index (κ2) is 12.2. The number of Topliss-reactive ketones (excluding diaryl/α,β-unsaturated/α-hetero) is 2. The number of carbonyl (C=O) groups excluding carboxylic acids is 5. The van der Waals surface area contributed by atoms with Gasteiger partial charge in [-0.1, -0.05) is 72.6 Å². The van der Waals surface area contributed by atoms with Crippen LogP contribution in [0.15, 0.2) is 0 Å². The van der Waals surface area contributed by atoms with E-state index in [1.807, 2.05) is 13.8 Å². The first-order valence-corrected chi connectivity index (χ1v) is 15.1. The monoisotopic (exact) mass is 561 g/mol. The third-order valence-corrected chi connectivity index (χ3v) is 9.24. The molecule has 2 aliphatic heterocycles. The van der Waals surface area contributed by atoms with Gasteiger partial charge in [-0.2, -0.15) is 0 Å². The zero-order chi connectivity index (χ0) is 30.0. The van der Waals surface area contributed by atoms with Crippen molar-refractivity contribution >= 4 is 29.5 Å². The summed E-state index contributed by atoms with van der Waals surface area (Å²) in [5.74, 6) is -1.80. The average molecular weight is 562 g/mol. The Balaban J connectivity index is 1.96. The molecule has 2 N–H and O–H groups in total. The van der Waals surface area contributed by atoms with Crippen LogP contribution >= 0.6 is 0 Å². The molecule has 3 amide bonds. The molecular formula is C31H51N3O6. The summed E-state index contributed by atoms with van der Waals surface area (Å²) in [6.07, 6.45) is 7.22. The summed E-state index contributed by atoms with van der Waals surface area (Å²) in [5.41, 5.74) is -1.44. The number of hydrogen-bond donors (Lipinski definition) is 2. The Hall–Kier alpha value is -2.45. The number of ether oxygens (including phenoxy) is 1. The van der Waals surface area contributed by atoms with E-state index < -0.39 is 52.7 Å². The number of nitrogens with zero attached hydrogens (tertiary/aromatic N) is 1. The average Bonchev–Trinajstić information content (AvgIpc) is 3.15. The summed E-state index contributed by atoms with van der Waals surface area (Å²) in [4.78, 5) is 67.4. The van der Waals surface area contributed by atoms with Crippen molar-refractivity contribution in [2.75, 3.05) is 6.54 Å². The van der Waals surface area contributed by atoms with E-state index in [4.69, 9.17) is 4.74 Å². The topological polar surface area (TPSA) is 122 Å². The molecule has 3 rings (SSSR count). The van der Waals surface area contributed by atoms with E-state index in [9.17, 15) is 24.0 Å². The van der Waals surface area contributed by atoms with Crippen molar-refractivity contribution in [1.82, 2.24) is 15.5 Å². The fourth-order valence-corrected chi connectivity index (χ4v) is 6.72. The normalized spacial score (nSPS) is 31.2. The third-order valence-electron chi connectivity index (χ3n) is 9.24. The molecule has 0 bridgehead atoms. The highest BCUT2D eigenvalue weighted by Crippen LogP contribution is 2.65. The molecule has 0 radical (unpaired) electrons. The van der Waals surface area contributed by atoms with Crippen molar-refractivity contribution in [2.24, 2.45) is 22.7 Å². The number of rotatable bonds is 3. The lowest BCUT2D eigenvalue weighted by atomic mass is 9.78. The van der Waals surface area contributed by atoms with Gasteiger partial charge in [0.2, 0.25) is 17.6 Å². The van der Waals surface area contributed by atoms with Crippen molar-refractivity contribution in [2.45, 2.75) is 137 Å². The first kappa shape index (κ1) is 32.1. The van der Waals surface area contributed by atoms with Crippen LogP contribution in [0.2, 0.25) is 0 Å².